The van der Waals surface area contributed by atoms with Crippen molar-refractivity contribution in [1.29, 1.82) is 0 Å². The van der Waals surface area contributed by atoms with Gasteiger partial charge in [-0.15, -0.1) is 11.3 Å². The SMILES string of the molecule is CCc1cccc(NC(=O)N(Cc2cccc(-c3nccs3)c2)C(C)C)c1. The van der Waals surface area contributed by atoms with Crippen LogP contribution in [0.15, 0.2) is 60.1 Å². The van der Waals surface area contributed by atoms with E-state index in [1.165, 1.54) is 5.56 Å². The van der Waals surface area contributed by atoms with E-state index in [4.69, 9.17) is 0 Å². The van der Waals surface area contributed by atoms with Crippen LogP contribution in [0.2, 0.25) is 0 Å². The van der Waals surface area contributed by atoms with Crippen molar-refractivity contribution in [1.82, 2.24) is 9.88 Å². The van der Waals surface area contributed by atoms with E-state index in [1.54, 1.807) is 11.3 Å². The number of hydrogen-bond donors (Lipinski definition) is 1. The van der Waals surface area contributed by atoms with Crippen molar-refractivity contribution < 1.29 is 4.79 Å². The molecular weight excluding hydrogens is 354 g/mol. The summed E-state index contributed by atoms with van der Waals surface area (Å²) in [6, 6.07) is 16.2. The fourth-order valence-corrected chi connectivity index (χ4v) is 3.55. The molecule has 27 heavy (non-hydrogen) atoms. The number of hydrogen-bond acceptors (Lipinski definition) is 3. The van der Waals surface area contributed by atoms with Gasteiger partial charge < -0.3 is 10.2 Å². The van der Waals surface area contributed by atoms with E-state index in [0.29, 0.717) is 6.54 Å². The molecule has 5 heteroatoms. The maximum Gasteiger partial charge on any atom is 0.322 e. The molecule has 0 aliphatic heterocycles. The Morgan fingerprint density at radius 3 is 2.63 bits per heavy atom. The fourth-order valence-electron chi connectivity index (χ4n) is 2.92. The molecule has 2 aromatic carbocycles. The van der Waals surface area contributed by atoms with Gasteiger partial charge in [0.15, 0.2) is 0 Å². The second-order valence-corrected chi connectivity index (χ2v) is 7.64. The lowest BCUT2D eigenvalue weighted by Crippen LogP contribution is -2.39. The Bertz CT molecular complexity index is 890. The lowest BCUT2D eigenvalue weighted by Gasteiger charge is -2.27. The lowest BCUT2D eigenvalue weighted by atomic mass is 10.1. The first-order valence-corrected chi connectivity index (χ1v) is 10.1. The molecule has 1 aromatic heterocycles. The Labute approximate surface area is 164 Å². The minimum atomic E-state index is -0.0853. The van der Waals surface area contributed by atoms with Crippen molar-refractivity contribution in [3.63, 3.8) is 0 Å². The largest absolute Gasteiger partial charge is 0.322 e. The molecule has 0 atom stereocenters. The first kappa shape index (κ1) is 19.1. The van der Waals surface area contributed by atoms with E-state index in [9.17, 15) is 4.79 Å². The van der Waals surface area contributed by atoms with Crippen molar-refractivity contribution >= 4 is 23.1 Å². The second-order valence-electron chi connectivity index (χ2n) is 6.74. The highest BCUT2D eigenvalue weighted by Gasteiger charge is 2.18. The van der Waals surface area contributed by atoms with Gasteiger partial charge in [-0.3, -0.25) is 0 Å². The Morgan fingerprint density at radius 2 is 1.93 bits per heavy atom. The van der Waals surface area contributed by atoms with E-state index in [-0.39, 0.29) is 12.1 Å². The van der Waals surface area contributed by atoms with E-state index >= 15 is 0 Å². The van der Waals surface area contributed by atoms with Gasteiger partial charge in [-0.05, 0) is 49.6 Å². The molecule has 0 spiro atoms. The smallest absolute Gasteiger partial charge is 0.318 e. The number of carbonyl (C=O) groups is 1. The van der Waals surface area contributed by atoms with Gasteiger partial charge in [0, 0.05) is 35.4 Å². The van der Waals surface area contributed by atoms with Gasteiger partial charge in [-0.1, -0.05) is 37.3 Å². The summed E-state index contributed by atoms with van der Waals surface area (Å²) < 4.78 is 0. The lowest BCUT2D eigenvalue weighted by molar-refractivity contribution is 0.193. The third-order valence-electron chi connectivity index (χ3n) is 4.43. The van der Waals surface area contributed by atoms with Crippen LogP contribution in [0.25, 0.3) is 10.6 Å². The molecule has 0 saturated heterocycles. The van der Waals surface area contributed by atoms with Crippen molar-refractivity contribution in [3.8, 4) is 10.6 Å². The normalized spacial score (nSPS) is 10.8. The highest BCUT2D eigenvalue weighted by atomic mass is 32.1. The average molecular weight is 380 g/mol. The molecule has 0 radical (unpaired) electrons. The standard InChI is InChI=1S/C22H25N3OS/c1-4-17-7-6-10-20(14-17)24-22(26)25(16(2)3)15-18-8-5-9-19(13-18)21-23-11-12-27-21/h5-14,16H,4,15H2,1-3H3,(H,24,26). The predicted octanol–water partition coefficient (Wildman–Crippen LogP) is 5.82. The fraction of sp³-hybridized carbons (Fsp3) is 0.273. The molecule has 0 aliphatic rings. The maximum atomic E-state index is 12.9. The van der Waals surface area contributed by atoms with E-state index < -0.39 is 0 Å². The average Bonchev–Trinajstić information content (AvgIpc) is 3.21. The number of aryl methyl sites for hydroxylation is 1. The molecule has 1 heterocycles. The van der Waals surface area contributed by atoms with Crippen LogP contribution >= 0.6 is 11.3 Å². The summed E-state index contributed by atoms with van der Waals surface area (Å²) >= 11 is 1.62. The highest BCUT2D eigenvalue weighted by Crippen LogP contribution is 2.23. The first-order chi connectivity index (χ1) is 13.1. The summed E-state index contributed by atoms with van der Waals surface area (Å²) in [5, 5.41) is 6.00. The Balaban J connectivity index is 1.75. The Kier molecular flexibility index (Phi) is 6.24. The van der Waals surface area contributed by atoms with Crippen molar-refractivity contribution in [2.24, 2.45) is 0 Å². The van der Waals surface area contributed by atoms with Gasteiger partial charge in [0.05, 0.1) is 0 Å². The highest BCUT2D eigenvalue weighted by molar-refractivity contribution is 7.13. The van der Waals surface area contributed by atoms with Crippen LogP contribution in [0.4, 0.5) is 10.5 Å². The third kappa shape index (κ3) is 4.95. The maximum absolute atomic E-state index is 12.9. The summed E-state index contributed by atoms with van der Waals surface area (Å²) in [6.07, 6.45) is 2.76. The zero-order chi connectivity index (χ0) is 19.2. The van der Waals surface area contributed by atoms with Crippen LogP contribution < -0.4 is 5.32 Å². The monoisotopic (exact) mass is 379 g/mol. The summed E-state index contributed by atoms with van der Waals surface area (Å²) in [6.45, 7) is 6.73. The van der Waals surface area contributed by atoms with Crippen LogP contribution in [0.1, 0.15) is 31.9 Å². The van der Waals surface area contributed by atoms with Crippen molar-refractivity contribution in [2.45, 2.75) is 39.8 Å². The molecule has 0 fully saturated rings. The van der Waals surface area contributed by atoms with Gasteiger partial charge in [-0.2, -0.15) is 0 Å². The van der Waals surface area contributed by atoms with Crippen LogP contribution in [0, 0.1) is 0 Å². The molecule has 0 aliphatic carbocycles. The number of nitrogens with zero attached hydrogens (tertiary/aromatic N) is 2. The minimum absolute atomic E-state index is 0.0853. The molecule has 2 amide bonds. The Hall–Kier alpha value is -2.66. The minimum Gasteiger partial charge on any atom is -0.318 e. The zero-order valence-electron chi connectivity index (χ0n) is 16.0. The number of anilines is 1. The Morgan fingerprint density at radius 1 is 1.15 bits per heavy atom. The molecule has 0 saturated carbocycles. The topological polar surface area (TPSA) is 45.2 Å². The number of carbonyl (C=O) groups excluding carboxylic acids is 1. The molecular formula is C22H25N3OS. The second kappa shape index (κ2) is 8.82. The van der Waals surface area contributed by atoms with Gasteiger partial charge in [0.2, 0.25) is 0 Å². The van der Waals surface area contributed by atoms with Crippen molar-refractivity contribution in [3.05, 3.63) is 71.2 Å². The molecule has 3 rings (SSSR count). The number of nitrogens with one attached hydrogen (secondary N) is 1. The summed E-state index contributed by atoms with van der Waals surface area (Å²) in [5.74, 6) is 0. The molecule has 0 unspecified atom stereocenters. The summed E-state index contributed by atoms with van der Waals surface area (Å²) in [4.78, 5) is 19.1. The van der Waals surface area contributed by atoms with E-state index in [1.807, 2.05) is 54.6 Å². The zero-order valence-corrected chi connectivity index (χ0v) is 16.8. The van der Waals surface area contributed by atoms with Crippen molar-refractivity contribution in [2.75, 3.05) is 5.32 Å². The number of amides is 2. The van der Waals surface area contributed by atoms with Gasteiger partial charge in [0.1, 0.15) is 5.01 Å². The molecule has 1 N–H and O–H groups in total. The molecule has 140 valence electrons. The predicted molar refractivity (Wildman–Crippen MR) is 113 cm³/mol. The number of rotatable bonds is 6. The number of urea groups is 1. The van der Waals surface area contributed by atoms with Crippen LogP contribution in [-0.2, 0) is 13.0 Å². The molecule has 3 aromatic rings. The van der Waals surface area contributed by atoms with Gasteiger partial charge >= 0.3 is 6.03 Å². The summed E-state index contributed by atoms with van der Waals surface area (Å²) in [5.41, 5.74) is 4.22. The number of aromatic nitrogens is 1. The summed E-state index contributed by atoms with van der Waals surface area (Å²) in [7, 11) is 0. The van der Waals surface area contributed by atoms with E-state index in [2.05, 4.69) is 41.5 Å². The first-order valence-electron chi connectivity index (χ1n) is 9.22. The molecule has 0 bridgehead atoms. The third-order valence-corrected chi connectivity index (χ3v) is 5.25. The van der Waals surface area contributed by atoms with Gasteiger partial charge in [-0.25, -0.2) is 9.78 Å². The number of thiazole rings is 1. The van der Waals surface area contributed by atoms with Crippen LogP contribution in [0.5, 0.6) is 0 Å². The molecule has 4 nitrogen and oxygen atoms in total. The van der Waals surface area contributed by atoms with Crippen LogP contribution in [0.3, 0.4) is 0 Å². The van der Waals surface area contributed by atoms with Gasteiger partial charge in [0.25, 0.3) is 0 Å². The number of benzene rings is 2. The van der Waals surface area contributed by atoms with Crippen LogP contribution in [-0.4, -0.2) is 22.0 Å². The quantitative estimate of drug-likeness (QED) is 0.587. The van der Waals surface area contributed by atoms with E-state index in [0.717, 1.165) is 28.2 Å².